The van der Waals surface area contributed by atoms with Gasteiger partial charge in [0.05, 0.1) is 31.0 Å². The van der Waals surface area contributed by atoms with E-state index < -0.39 is 17.8 Å². The smallest absolute Gasteiger partial charge is 0.235 e. The number of amides is 1. The summed E-state index contributed by atoms with van der Waals surface area (Å²) in [5.41, 5.74) is 2.34. The number of carbonyl (C=O) groups excluding carboxylic acids is 1. The number of guanidine groups is 1. The molecule has 5 rings (SSSR count). The molecule has 8 nitrogen and oxygen atoms in total. The lowest BCUT2D eigenvalue weighted by Crippen LogP contribution is -2.44. The van der Waals surface area contributed by atoms with E-state index in [4.69, 9.17) is 21.3 Å². The van der Waals surface area contributed by atoms with Gasteiger partial charge in [0, 0.05) is 40.5 Å². The molecule has 2 N–H and O–H groups in total. The number of aliphatic imine (C=N–C) groups is 2. The molecule has 2 aromatic carbocycles. The number of aromatic amines is 1. The predicted octanol–water partition coefficient (Wildman–Crippen LogP) is 3.81. The topological polar surface area (TPSA) is 95.0 Å². The Morgan fingerprint density at radius 2 is 2.06 bits per heavy atom. The molecule has 0 aliphatic carbocycles. The highest BCUT2D eigenvalue weighted by Crippen LogP contribution is 2.35. The van der Waals surface area contributed by atoms with E-state index in [-0.39, 0.29) is 10.9 Å². The van der Waals surface area contributed by atoms with E-state index in [1.165, 1.54) is 6.07 Å². The Morgan fingerprint density at radius 1 is 1.24 bits per heavy atom. The normalized spacial score (nSPS) is 21.0. The van der Waals surface area contributed by atoms with Crippen LogP contribution in [0.5, 0.6) is 0 Å². The van der Waals surface area contributed by atoms with Crippen LogP contribution < -0.4 is 5.32 Å². The highest BCUT2D eigenvalue weighted by atomic mass is 35.5. The molecule has 0 radical (unpaired) electrons. The molecule has 1 fully saturated rings. The lowest BCUT2D eigenvalue weighted by atomic mass is 9.87. The van der Waals surface area contributed by atoms with Crippen molar-refractivity contribution in [3.05, 3.63) is 59.0 Å². The Hall–Kier alpha value is -3.30. The van der Waals surface area contributed by atoms with Crippen molar-refractivity contribution in [1.82, 2.24) is 15.1 Å². The van der Waals surface area contributed by atoms with Gasteiger partial charge in [0.1, 0.15) is 11.7 Å². The molecule has 0 spiro atoms. The third-order valence-electron chi connectivity index (χ3n) is 5.86. The van der Waals surface area contributed by atoms with Gasteiger partial charge in [-0.2, -0.15) is 5.10 Å². The van der Waals surface area contributed by atoms with E-state index in [0.717, 1.165) is 10.9 Å². The zero-order chi connectivity index (χ0) is 22.9. The van der Waals surface area contributed by atoms with Crippen molar-refractivity contribution in [2.45, 2.75) is 13.0 Å². The number of rotatable bonds is 3. The minimum Gasteiger partial charge on any atom is -0.378 e. The van der Waals surface area contributed by atoms with E-state index in [0.29, 0.717) is 49.2 Å². The fourth-order valence-corrected chi connectivity index (χ4v) is 4.32. The number of anilines is 1. The number of aromatic nitrogens is 2. The van der Waals surface area contributed by atoms with Crippen LogP contribution in [0.3, 0.4) is 0 Å². The number of H-pyrrole nitrogens is 1. The molecular formula is C23H22ClFN6O2. The van der Waals surface area contributed by atoms with Crippen LogP contribution in [0.15, 0.2) is 52.6 Å². The maximum atomic E-state index is 15.0. The fraction of sp³-hybridized carbons (Fsp3) is 0.304. The number of morpholine rings is 1. The van der Waals surface area contributed by atoms with Gasteiger partial charge in [-0.05, 0) is 37.3 Å². The van der Waals surface area contributed by atoms with Crippen LogP contribution in [0.1, 0.15) is 18.5 Å². The second kappa shape index (κ2) is 8.92. The molecule has 0 bridgehead atoms. The van der Waals surface area contributed by atoms with E-state index in [9.17, 15) is 9.18 Å². The molecule has 1 aromatic heterocycles. The van der Waals surface area contributed by atoms with Crippen LogP contribution in [0.25, 0.3) is 10.9 Å². The summed E-state index contributed by atoms with van der Waals surface area (Å²) in [6.45, 7) is 4.17. The molecular weight excluding hydrogens is 447 g/mol. The number of benzene rings is 2. The minimum absolute atomic E-state index is 0.282. The molecule has 1 amide bonds. The summed E-state index contributed by atoms with van der Waals surface area (Å²) in [6.07, 6.45) is 1.68. The molecule has 33 heavy (non-hydrogen) atoms. The van der Waals surface area contributed by atoms with Crippen molar-refractivity contribution in [2.75, 3.05) is 31.6 Å². The van der Waals surface area contributed by atoms with Crippen molar-refractivity contribution < 1.29 is 13.9 Å². The summed E-state index contributed by atoms with van der Waals surface area (Å²) >= 11 is 5.97. The molecule has 10 heteroatoms. The first kappa shape index (κ1) is 21.5. The van der Waals surface area contributed by atoms with E-state index in [1.54, 1.807) is 31.3 Å². The standard InChI is InChI=1S/C23H22ClFN6O2/c1-13-20(22(32)28-16-3-5-19-14(10-16)12-26-30-19)21(17-4-2-15(24)11-18(17)25)29-23(27-13)31-6-8-33-9-7-31/h2-5,10-12,20-21H,6-9H2,1H3,(H,26,30)(H,28,32). The summed E-state index contributed by atoms with van der Waals surface area (Å²) in [7, 11) is 0. The maximum absolute atomic E-state index is 15.0. The minimum atomic E-state index is -0.787. The van der Waals surface area contributed by atoms with Crippen LogP contribution in [0.2, 0.25) is 5.02 Å². The van der Waals surface area contributed by atoms with Crippen LogP contribution in [0, 0.1) is 11.7 Å². The maximum Gasteiger partial charge on any atom is 0.235 e. The predicted molar refractivity (Wildman–Crippen MR) is 125 cm³/mol. The quantitative estimate of drug-likeness (QED) is 0.611. The summed E-state index contributed by atoms with van der Waals surface area (Å²) in [5.74, 6) is -1.13. The fourth-order valence-electron chi connectivity index (χ4n) is 4.16. The van der Waals surface area contributed by atoms with Crippen molar-refractivity contribution in [3.63, 3.8) is 0 Å². The zero-order valence-corrected chi connectivity index (χ0v) is 18.6. The molecule has 0 saturated carbocycles. The van der Waals surface area contributed by atoms with Crippen molar-refractivity contribution in [3.8, 4) is 0 Å². The number of nitrogens with zero attached hydrogens (tertiary/aromatic N) is 4. The van der Waals surface area contributed by atoms with Crippen LogP contribution in [0.4, 0.5) is 10.1 Å². The van der Waals surface area contributed by atoms with Gasteiger partial charge in [0.25, 0.3) is 0 Å². The third kappa shape index (κ3) is 4.34. The van der Waals surface area contributed by atoms with E-state index >= 15 is 0 Å². The molecule has 2 atom stereocenters. The number of carbonyl (C=O) groups is 1. The lowest BCUT2D eigenvalue weighted by Gasteiger charge is -2.33. The average molecular weight is 469 g/mol. The van der Waals surface area contributed by atoms with E-state index in [1.807, 2.05) is 17.0 Å². The van der Waals surface area contributed by atoms with Crippen LogP contribution >= 0.6 is 11.6 Å². The second-order valence-corrected chi connectivity index (χ2v) is 8.47. The number of ether oxygens (including phenoxy) is 1. The summed E-state index contributed by atoms with van der Waals surface area (Å²) in [4.78, 5) is 24.8. The van der Waals surface area contributed by atoms with Crippen molar-refractivity contribution >= 4 is 45.8 Å². The van der Waals surface area contributed by atoms with Crippen molar-refractivity contribution in [1.29, 1.82) is 0 Å². The van der Waals surface area contributed by atoms with Gasteiger partial charge in [-0.3, -0.25) is 9.89 Å². The zero-order valence-electron chi connectivity index (χ0n) is 17.9. The lowest BCUT2D eigenvalue weighted by molar-refractivity contribution is -0.118. The Bertz CT molecular complexity index is 1270. The van der Waals surface area contributed by atoms with Crippen molar-refractivity contribution in [2.24, 2.45) is 15.9 Å². The number of halogens is 2. The van der Waals surface area contributed by atoms with E-state index in [2.05, 4.69) is 20.5 Å². The van der Waals surface area contributed by atoms with Gasteiger partial charge in [0.2, 0.25) is 11.9 Å². The first-order valence-electron chi connectivity index (χ1n) is 10.6. The molecule has 3 heterocycles. The molecule has 2 unspecified atom stereocenters. The molecule has 2 aliphatic rings. The highest BCUT2D eigenvalue weighted by molar-refractivity contribution is 6.30. The first-order chi connectivity index (χ1) is 16.0. The van der Waals surface area contributed by atoms with Gasteiger partial charge in [0.15, 0.2) is 0 Å². The monoisotopic (exact) mass is 468 g/mol. The second-order valence-electron chi connectivity index (χ2n) is 8.03. The summed E-state index contributed by atoms with van der Waals surface area (Å²) in [5, 5.41) is 11.0. The Balaban J connectivity index is 1.49. The SMILES string of the molecule is CC1=NC(N2CCOCC2)=NC(c2ccc(Cl)cc2F)C1C(=O)Nc1ccc2[nH]ncc2c1. The van der Waals surface area contributed by atoms with Crippen LogP contribution in [-0.2, 0) is 9.53 Å². The first-order valence-corrected chi connectivity index (χ1v) is 11.0. The molecule has 1 saturated heterocycles. The van der Waals surface area contributed by atoms with Gasteiger partial charge in [-0.1, -0.05) is 17.7 Å². The highest BCUT2D eigenvalue weighted by Gasteiger charge is 2.38. The van der Waals surface area contributed by atoms with Gasteiger partial charge >= 0.3 is 0 Å². The Labute approximate surface area is 194 Å². The largest absolute Gasteiger partial charge is 0.378 e. The number of fused-ring (bicyclic) bond motifs is 1. The summed E-state index contributed by atoms with van der Waals surface area (Å²) < 4.78 is 20.4. The Morgan fingerprint density at radius 3 is 2.85 bits per heavy atom. The van der Waals surface area contributed by atoms with Gasteiger partial charge in [-0.25, -0.2) is 14.4 Å². The third-order valence-corrected chi connectivity index (χ3v) is 6.10. The Kier molecular flexibility index (Phi) is 5.82. The molecule has 3 aromatic rings. The number of hydrogen-bond donors (Lipinski definition) is 2. The van der Waals surface area contributed by atoms with Gasteiger partial charge < -0.3 is 15.0 Å². The number of nitrogens with one attached hydrogen (secondary N) is 2. The van der Waals surface area contributed by atoms with Crippen LogP contribution in [-0.4, -0.2) is 59.0 Å². The molecule has 170 valence electrons. The number of hydrogen-bond acceptors (Lipinski definition) is 6. The van der Waals surface area contributed by atoms with Gasteiger partial charge in [-0.15, -0.1) is 0 Å². The summed E-state index contributed by atoms with van der Waals surface area (Å²) in [6, 6.07) is 9.09. The average Bonchev–Trinajstić information content (AvgIpc) is 3.27. The molecule has 2 aliphatic heterocycles.